The Labute approximate surface area is 143 Å². The van der Waals surface area contributed by atoms with Crippen molar-refractivity contribution < 1.29 is 14.3 Å². The normalized spacial score (nSPS) is 10.5. The highest BCUT2D eigenvalue weighted by molar-refractivity contribution is 7.99. The zero-order chi connectivity index (χ0) is 17.0. The molecular formula is C14H17ClN4O3S. The van der Waals surface area contributed by atoms with Gasteiger partial charge in [0.2, 0.25) is 5.91 Å². The van der Waals surface area contributed by atoms with Crippen molar-refractivity contribution in [3.8, 4) is 11.5 Å². The predicted molar refractivity (Wildman–Crippen MR) is 89.6 cm³/mol. The van der Waals surface area contributed by atoms with Crippen molar-refractivity contribution in [3.63, 3.8) is 0 Å². The number of nitrogens with one attached hydrogen (secondary N) is 1. The van der Waals surface area contributed by atoms with Gasteiger partial charge in [-0.1, -0.05) is 23.4 Å². The van der Waals surface area contributed by atoms with Gasteiger partial charge in [0, 0.05) is 13.1 Å². The van der Waals surface area contributed by atoms with Gasteiger partial charge in [0.15, 0.2) is 5.16 Å². The number of hydrogen-bond donors (Lipinski definition) is 1. The summed E-state index contributed by atoms with van der Waals surface area (Å²) in [6.45, 7) is 1.85. The first-order chi connectivity index (χ1) is 11.0. The molecular weight excluding hydrogens is 340 g/mol. The summed E-state index contributed by atoms with van der Waals surface area (Å²) in [6.07, 6.45) is 0. The van der Waals surface area contributed by atoms with Gasteiger partial charge in [-0.25, -0.2) is 0 Å². The van der Waals surface area contributed by atoms with E-state index in [1.807, 2.05) is 18.5 Å². The maximum Gasteiger partial charge on any atom is 0.234 e. The molecule has 0 saturated carbocycles. The van der Waals surface area contributed by atoms with Crippen LogP contribution in [0.4, 0.5) is 5.69 Å². The number of nitrogens with zero attached hydrogens (tertiary/aromatic N) is 3. The fraction of sp³-hybridized carbons (Fsp3) is 0.357. The van der Waals surface area contributed by atoms with Crippen molar-refractivity contribution >= 4 is 35.0 Å². The number of carbonyl (C=O) groups is 1. The molecule has 0 saturated heterocycles. The van der Waals surface area contributed by atoms with Crippen LogP contribution in [-0.4, -0.2) is 40.6 Å². The van der Waals surface area contributed by atoms with Gasteiger partial charge in [-0.3, -0.25) is 4.79 Å². The summed E-state index contributed by atoms with van der Waals surface area (Å²) in [7, 11) is 4.87. The smallest absolute Gasteiger partial charge is 0.234 e. The standard InChI is InChI=1S/C14H17ClN4O3S/c1-8-17-18-14(19(8)2)23-7-13(20)16-10-5-9(15)11(21-3)6-12(10)22-4/h5-6H,7H2,1-4H3,(H,16,20). The summed E-state index contributed by atoms with van der Waals surface area (Å²) in [6, 6.07) is 3.21. The third-order valence-electron chi connectivity index (χ3n) is 3.13. The molecule has 7 nitrogen and oxygen atoms in total. The summed E-state index contributed by atoms with van der Waals surface area (Å²) < 4.78 is 12.2. The van der Waals surface area contributed by atoms with Crippen LogP contribution in [0.3, 0.4) is 0 Å². The highest BCUT2D eigenvalue weighted by atomic mass is 35.5. The third-order valence-corrected chi connectivity index (χ3v) is 4.45. The second-order valence-electron chi connectivity index (χ2n) is 4.61. The fourth-order valence-corrected chi connectivity index (χ4v) is 2.79. The summed E-state index contributed by atoms with van der Waals surface area (Å²) in [4.78, 5) is 12.1. The largest absolute Gasteiger partial charge is 0.495 e. The topological polar surface area (TPSA) is 78.3 Å². The maximum atomic E-state index is 12.1. The quantitative estimate of drug-likeness (QED) is 0.801. The molecule has 2 rings (SSSR count). The molecule has 1 aromatic carbocycles. The molecule has 0 spiro atoms. The number of thioether (sulfide) groups is 1. The highest BCUT2D eigenvalue weighted by Gasteiger charge is 2.14. The number of rotatable bonds is 6. The van der Waals surface area contributed by atoms with Crippen LogP contribution >= 0.6 is 23.4 Å². The first kappa shape index (κ1) is 17.4. The van der Waals surface area contributed by atoms with Crippen LogP contribution in [0, 0.1) is 6.92 Å². The highest BCUT2D eigenvalue weighted by Crippen LogP contribution is 2.36. The van der Waals surface area contributed by atoms with E-state index in [1.54, 1.807) is 12.1 Å². The van der Waals surface area contributed by atoms with E-state index in [9.17, 15) is 4.79 Å². The Morgan fingerprint density at radius 1 is 1.30 bits per heavy atom. The van der Waals surface area contributed by atoms with E-state index in [4.69, 9.17) is 21.1 Å². The second-order valence-corrected chi connectivity index (χ2v) is 5.96. The summed E-state index contributed by atoms with van der Waals surface area (Å²) >= 11 is 7.38. The van der Waals surface area contributed by atoms with Crippen LogP contribution in [0.2, 0.25) is 5.02 Å². The Hall–Kier alpha value is -1.93. The van der Waals surface area contributed by atoms with Gasteiger partial charge in [-0.2, -0.15) is 0 Å². The van der Waals surface area contributed by atoms with E-state index in [1.165, 1.54) is 26.0 Å². The molecule has 0 atom stereocenters. The van der Waals surface area contributed by atoms with E-state index in [0.717, 1.165) is 5.82 Å². The minimum Gasteiger partial charge on any atom is -0.495 e. The molecule has 124 valence electrons. The zero-order valence-corrected chi connectivity index (χ0v) is 14.8. The predicted octanol–water partition coefficient (Wildman–Crippen LogP) is 2.52. The minimum absolute atomic E-state index is 0.193. The maximum absolute atomic E-state index is 12.1. The van der Waals surface area contributed by atoms with Crippen LogP contribution in [0.15, 0.2) is 17.3 Å². The third kappa shape index (κ3) is 4.08. The van der Waals surface area contributed by atoms with Crippen molar-refractivity contribution in [2.24, 2.45) is 7.05 Å². The molecule has 0 unspecified atom stereocenters. The van der Waals surface area contributed by atoms with E-state index < -0.39 is 0 Å². The van der Waals surface area contributed by atoms with Crippen molar-refractivity contribution in [2.75, 3.05) is 25.3 Å². The van der Waals surface area contributed by atoms with Gasteiger partial charge in [0.25, 0.3) is 0 Å². The molecule has 9 heteroatoms. The Bertz CT molecular complexity index is 720. The number of carbonyl (C=O) groups excluding carboxylic acids is 1. The molecule has 1 aromatic heterocycles. The monoisotopic (exact) mass is 356 g/mol. The number of benzene rings is 1. The number of ether oxygens (including phenoxy) is 2. The molecule has 0 aliphatic heterocycles. The van der Waals surface area contributed by atoms with Crippen molar-refractivity contribution in [1.29, 1.82) is 0 Å². The van der Waals surface area contributed by atoms with Crippen LogP contribution in [0.1, 0.15) is 5.82 Å². The molecule has 1 amide bonds. The first-order valence-electron chi connectivity index (χ1n) is 6.66. The average molecular weight is 357 g/mol. The minimum atomic E-state index is -0.199. The van der Waals surface area contributed by atoms with Crippen molar-refractivity contribution in [3.05, 3.63) is 23.0 Å². The molecule has 23 heavy (non-hydrogen) atoms. The Morgan fingerprint density at radius 2 is 2.00 bits per heavy atom. The van der Waals surface area contributed by atoms with Crippen LogP contribution in [0.5, 0.6) is 11.5 Å². The Kier molecular flexibility index (Phi) is 5.73. The van der Waals surface area contributed by atoms with Gasteiger partial charge in [0.1, 0.15) is 17.3 Å². The average Bonchev–Trinajstić information content (AvgIpc) is 2.85. The zero-order valence-electron chi connectivity index (χ0n) is 13.2. The van der Waals surface area contributed by atoms with Gasteiger partial charge in [0.05, 0.1) is 30.7 Å². The number of aryl methyl sites for hydroxylation is 1. The van der Waals surface area contributed by atoms with Crippen LogP contribution in [0.25, 0.3) is 0 Å². The second kappa shape index (κ2) is 7.56. The molecule has 2 aromatic rings. The lowest BCUT2D eigenvalue weighted by atomic mass is 10.2. The first-order valence-corrected chi connectivity index (χ1v) is 8.02. The van der Waals surface area contributed by atoms with E-state index in [2.05, 4.69) is 15.5 Å². The van der Waals surface area contributed by atoms with Gasteiger partial charge in [-0.05, 0) is 13.0 Å². The summed E-state index contributed by atoms with van der Waals surface area (Å²) in [5.41, 5.74) is 0.484. The molecule has 1 N–H and O–H groups in total. The molecule has 0 bridgehead atoms. The lowest BCUT2D eigenvalue weighted by Gasteiger charge is -2.13. The molecule has 0 aliphatic carbocycles. The lowest BCUT2D eigenvalue weighted by Crippen LogP contribution is -2.15. The van der Waals surface area contributed by atoms with Crippen LogP contribution < -0.4 is 14.8 Å². The Balaban J connectivity index is 2.05. The lowest BCUT2D eigenvalue weighted by molar-refractivity contribution is -0.113. The molecule has 1 heterocycles. The molecule has 0 fully saturated rings. The SMILES string of the molecule is COc1cc(OC)c(NC(=O)CSc2nnc(C)n2C)cc1Cl. The van der Waals surface area contributed by atoms with Gasteiger partial charge < -0.3 is 19.4 Å². The van der Waals surface area contributed by atoms with Gasteiger partial charge in [-0.15, -0.1) is 10.2 Å². The van der Waals surface area contributed by atoms with E-state index >= 15 is 0 Å². The van der Waals surface area contributed by atoms with Crippen LogP contribution in [-0.2, 0) is 11.8 Å². The number of methoxy groups -OCH3 is 2. The molecule has 0 aliphatic rings. The summed E-state index contributed by atoms with van der Waals surface area (Å²) in [5.74, 6) is 1.73. The molecule has 0 radical (unpaired) electrons. The van der Waals surface area contributed by atoms with Crippen molar-refractivity contribution in [2.45, 2.75) is 12.1 Å². The van der Waals surface area contributed by atoms with Crippen molar-refractivity contribution in [1.82, 2.24) is 14.8 Å². The summed E-state index contributed by atoms with van der Waals surface area (Å²) in [5, 5.41) is 11.8. The van der Waals surface area contributed by atoms with E-state index in [-0.39, 0.29) is 11.7 Å². The number of halogens is 1. The number of anilines is 1. The van der Waals surface area contributed by atoms with E-state index in [0.29, 0.717) is 27.4 Å². The van der Waals surface area contributed by atoms with Gasteiger partial charge >= 0.3 is 0 Å². The number of hydrogen-bond acceptors (Lipinski definition) is 6. The Morgan fingerprint density at radius 3 is 2.57 bits per heavy atom. The number of aromatic nitrogens is 3. The fourth-order valence-electron chi connectivity index (χ4n) is 1.79. The number of amides is 1.